The summed E-state index contributed by atoms with van der Waals surface area (Å²) in [5, 5.41) is 4.04. The van der Waals surface area contributed by atoms with E-state index in [2.05, 4.69) is 57.8 Å². The van der Waals surface area contributed by atoms with Crippen LogP contribution in [0.15, 0.2) is 11.2 Å². The molecule has 1 saturated heterocycles. The molecule has 29 heavy (non-hydrogen) atoms. The van der Waals surface area contributed by atoms with Crippen molar-refractivity contribution >= 4 is 35.1 Å². The highest BCUT2D eigenvalue weighted by Crippen LogP contribution is 2.22. The van der Waals surface area contributed by atoms with Crippen LogP contribution in [0.4, 0.5) is 5.82 Å². The van der Waals surface area contributed by atoms with Crippen molar-refractivity contribution in [2.45, 2.75) is 44.8 Å². The molecule has 0 bridgehead atoms. The predicted octanol–water partition coefficient (Wildman–Crippen LogP) is 2.60. The summed E-state index contributed by atoms with van der Waals surface area (Å²) in [6, 6.07) is 1.97. The highest BCUT2D eigenvalue weighted by Gasteiger charge is 2.17. The van der Waals surface area contributed by atoms with E-state index in [0.717, 1.165) is 64.5 Å². The second-order valence-corrected chi connectivity index (χ2v) is 8.88. The highest BCUT2D eigenvalue weighted by molar-refractivity contribution is 7.99. The van der Waals surface area contributed by atoms with E-state index in [9.17, 15) is 4.79 Å². The maximum Gasteiger partial charge on any atom is 0.230 e. The second kappa shape index (κ2) is 12.6. The minimum absolute atomic E-state index is 0.00932. The topological polar surface area (TPSA) is 64.6 Å². The Bertz CT molecular complexity index is 637. The first kappa shape index (κ1) is 24.2. The number of carbonyl (C=O) groups is 1. The van der Waals surface area contributed by atoms with Crippen LogP contribution in [0.2, 0.25) is 5.15 Å². The summed E-state index contributed by atoms with van der Waals surface area (Å²) in [6.45, 7) is 13.5. The molecule has 0 radical (unpaired) electrons. The zero-order chi connectivity index (χ0) is 21.2. The maximum absolute atomic E-state index is 12.3. The molecule has 1 atom stereocenters. The molecule has 2 rings (SSSR count). The Morgan fingerprint density at radius 2 is 1.97 bits per heavy atom. The smallest absolute Gasteiger partial charge is 0.230 e. The Morgan fingerprint density at radius 3 is 2.62 bits per heavy atom. The van der Waals surface area contributed by atoms with Gasteiger partial charge in [0.15, 0.2) is 5.16 Å². The van der Waals surface area contributed by atoms with Crippen LogP contribution >= 0.6 is 23.4 Å². The lowest BCUT2D eigenvalue weighted by molar-refractivity contribution is -0.119. The molecule has 1 aromatic rings. The van der Waals surface area contributed by atoms with Gasteiger partial charge in [-0.2, -0.15) is 0 Å². The quantitative estimate of drug-likeness (QED) is 0.321. The Kier molecular flexibility index (Phi) is 10.5. The second-order valence-electron chi connectivity index (χ2n) is 7.55. The van der Waals surface area contributed by atoms with Gasteiger partial charge >= 0.3 is 0 Å². The summed E-state index contributed by atoms with van der Waals surface area (Å²) < 4.78 is 0. The van der Waals surface area contributed by atoms with Crippen molar-refractivity contribution < 1.29 is 4.79 Å². The van der Waals surface area contributed by atoms with Crippen molar-refractivity contribution in [2.75, 3.05) is 63.5 Å². The fourth-order valence-corrected chi connectivity index (χ4v) is 4.22. The number of hydrogen-bond donors (Lipinski definition) is 1. The molecule has 2 heterocycles. The third-order valence-corrected chi connectivity index (χ3v) is 6.27. The fourth-order valence-electron chi connectivity index (χ4n) is 3.33. The molecule has 9 heteroatoms. The summed E-state index contributed by atoms with van der Waals surface area (Å²) >= 11 is 7.53. The summed E-state index contributed by atoms with van der Waals surface area (Å²) in [7, 11) is 2.12. The number of halogens is 1. The molecule has 1 unspecified atom stereocenters. The van der Waals surface area contributed by atoms with Gasteiger partial charge in [-0.3, -0.25) is 4.79 Å². The largest absolute Gasteiger partial charge is 0.354 e. The van der Waals surface area contributed by atoms with E-state index in [1.54, 1.807) is 6.07 Å². The van der Waals surface area contributed by atoms with E-state index in [4.69, 9.17) is 11.6 Å². The lowest BCUT2D eigenvalue weighted by Crippen LogP contribution is -2.44. The summed E-state index contributed by atoms with van der Waals surface area (Å²) in [6.07, 6.45) is 2.07. The number of rotatable bonds is 11. The van der Waals surface area contributed by atoms with Crippen molar-refractivity contribution in [3.63, 3.8) is 0 Å². The number of thioether (sulfide) groups is 1. The molecular weight excluding hydrogens is 408 g/mol. The average molecular weight is 443 g/mol. The maximum atomic E-state index is 12.3. The van der Waals surface area contributed by atoms with Crippen molar-refractivity contribution in [3.8, 4) is 0 Å². The zero-order valence-electron chi connectivity index (χ0n) is 18.2. The molecule has 1 aromatic heterocycles. The van der Waals surface area contributed by atoms with Gasteiger partial charge in [0.05, 0.1) is 5.75 Å². The standard InChI is InChI=1S/C20H35ClN6OS/c1-5-26(6-2)9-7-8-16(3)22-19(28)15-29-20-23-17(21)14-18(24-20)27-12-10-25(4)11-13-27/h14,16H,5-13,15H2,1-4H3,(H,22,28). The number of nitrogens with zero attached hydrogens (tertiary/aromatic N) is 5. The van der Waals surface area contributed by atoms with E-state index in [0.29, 0.717) is 16.1 Å². The Balaban J connectivity index is 1.77. The van der Waals surface area contributed by atoms with Crippen LogP contribution in [0.1, 0.15) is 33.6 Å². The summed E-state index contributed by atoms with van der Waals surface area (Å²) in [4.78, 5) is 28.1. The number of carbonyl (C=O) groups excluding carboxylic acids is 1. The highest BCUT2D eigenvalue weighted by atomic mass is 35.5. The van der Waals surface area contributed by atoms with Gasteiger partial charge in [-0.25, -0.2) is 9.97 Å². The number of amides is 1. The zero-order valence-corrected chi connectivity index (χ0v) is 19.7. The van der Waals surface area contributed by atoms with Crippen molar-refractivity contribution in [2.24, 2.45) is 0 Å². The predicted molar refractivity (Wildman–Crippen MR) is 122 cm³/mol. The normalized spacial score (nSPS) is 16.3. The van der Waals surface area contributed by atoms with Gasteiger partial charge in [0.25, 0.3) is 0 Å². The molecule has 0 spiro atoms. The minimum atomic E-state index is 0.00932. The average Bonchev–Trinajstić information content (AvgIpc) is 2.70. The molecule has 1 N–H and O–H groups in total. The third-order valence-electron chi connectivity index (χ3n) is 5.23. The van der Waals surface area contributed by atoms with E-state index < -0.39 is 0 Å². The number of aromatic nitrogens is 2. The van der Waals surface area contributed by atoms with Crippen molar-refractivity contribution in [1.82, 2.24) is 25.1 Å². The molecule has 1 fully saturated rings. The first-order chi connectivity index (χ1) is 13.9. The Labute approximate surface area is 184 Å². The molecule has 1 aliphatic heterocycles. The first-order valence-corrected chi connectivity index (χ1v) is 11.9. The molecule has 1 aliphatic rings. The van der Waals surface area contributed by atoms with E-state index in [-0.39, 0.29) is 11.9 Å². The van der Waals surface area contributed by atoms with Crippen LogP contribution < -0.4 is 10.2 Å². The SMILES string of the molecule is CCN(CC)CCCC(C)NC(=O)CSc1nc(Cl)cc(N2CCN(C)CC2)n1. The van der Waals surface area contributed by atoms with Gasteiger partial charge in [-0.05, 0) is 46.4 Å². The number of anilines is 1. The lowest BCUT2D eigenvalue weighted by atomic mass is 10.2. The van der Waals surface area contributed by atoms with Gasteiger partial charge in [-0.15, -0.1) is 0 Å². The molecule has 164 valence electrons. The Morgan fingerprint density at radius 1 is 1.28 bits per heavy atom. The van der Waals surface area contributed by atoms with Crippen LogP contribution in [-0.4, -0.2) is 90.3 Å². The molecule has 0 saturated carbocycles. The number of nitrogens with one attached hydrogen (secondary N) is 1. The van der Waals surface area contributed by atoms with Gasteiger partial charge in [0, 0.05) is 38.3 Å². The summed E-state index contributed by atoms with van der Waals surface area (Å²) in [5.74, 6) is 1.14. The summed E-state index contributed by atoms with van der Waals surface area (Å²) in [5.41, 5.74) is 0. The van der Waals surface area contributed by atoms with Crippen molar-refractivity contribution in [3.05, 3.63) is 11.2 Å². The van der Waals surface area contributed by atoms with Crippen LogP contribution in [0.3, 0.4) is 0 Å². The van der Waals surface area contributed by atoms with Crippen LogP contribution in [-0.2, 0) is 4.79 Å². The fraction of sp³-hybridized carbons (Fsp3) is 0.750. The van der Waals surface area contributed by atoms with Gasteiger partial charge in [0.2, 0.25) is 5.91 Å². The number of likely N-dealkylation sites (N-methyl/N-ethyl adjacent to an activating group) is 1. The molecule has 0 aromatic carbocycles. The van der Waals surface area contributed by atoms with Crippen molar-refractivity contribution in [1.29, 1.82) is 0 Å². The Hall–Kier alpha value is -1.09. The van der Waals surface area contributed by atoms with E-state index >= 15 is 0 Å². The number of hydrogen-bond acceptors (Lipinski definition) is 7. The van der Waals surface area contributed by atoms with Crippen LogP contribution in [0.5, 0.6) is 0 Å². The molecule has 7 nitrogen and oxygen atoms in total. The van der Waals surface area contributed by atoms with Crippen LogP contribution in [0.25, 0.3) is 0 Å². The van der Waals surface area contributed by atoms with Gasteiger partial charge in [-0.1, -0.05) is 37.2 Å². The number of piperazine rings is 1. The van der Waals surface area contributed by atoms with E-state index in [1.165, 1.54) is 11.8 Å². The third kappa shape index (κ3) is 8.66. The molecule has 0 aliphatic carbocycles. The first-order valence-electron chi connectivity index (χ1n) is 10.5. The lowest BCUT2D eigenvalue weighted by Gasteiger charge is -2.33. The van der Waals surface area contributed by atoms with Gasteiger partial charge in [0.1, 0.15) is 11.0 Å². The van der Waals surface area contributed by atoms with E-state index in [1.807, 2.05) is 0 Å². The monoisotopic (exact) mass is 442 g/mol. The molecular formula is C20H35ClN6OS. The minimum Gasteiger partial charge on any atom is -0.354 e. The van der Waals surface area contributed by atoms with Crippen LogP contribution in [0, 0.1) is 0 Å². The van der Waals surface area contributed by atoms with Gasteiger partial charge < -0.3 is 20.0 Å². The molecule has 1 amide bonds.